The Morgan fingerprint density at radius 3 is 1.91 bits per heavy atom. The van der Waals surface area contributed by atoms with Gasteiger partial charge in [0, 0.05) is 19.5 Å². The zero-order valence-electron chi connectivity index (χ0n) is 25.1. The number of para-hydroxylation sites is 1. The minimum Gasteiger partial charge on any atom is -0.494 e. The van der Waals surface area contributed by atoms with Gasteiger partial charge in [-0.05, 0) is 60.9 Å². The number of nitrogens with one attached hydrogen (secondary N) is 1. The van der Waals surface area contributed by atoms with Gasteiger partial charge in [-0.1, -0.05) is 85.8 Å². The molecule has 0 radical (unpaired) electrons. The van der Waals surface area contributed by atoms with Crippen LogP contribution in [0.25, 0.3) is 0 Å². The quantitative estimate of drug-likeness (QED) is 0.193. The normalized spacial score (nSPS) is 11.8. The summed E-state index contributed by atoms with van der Waals surface area (Å²) >= 11 is 0. The van der Waals surface area contributed by atoms with E-state index in [1.807, 2.05) is 74.5 Å². The number of nitrogens with zero attached hydrogens (tertiary/aromatic N) is 2. The molecule has 9 heteroatoms. The van der Waals surface area contributed by atoms with E-state index in [0.29, 0.717) is 24.6 Å². The van der Waals surface area contributed by atoms with E-state index in [-0.39, 0.29) is 23.8 Å². The molecule has 0 aliphatic rings. The molecule has 8 nitrogen and oxygen atoms in total. The van der Waals surface area contributed by atoms with E-state index in [2.05, 4.69) is 5.32 Å². The van der Waals surface area contributed by atoms with Crippen molar-refractivity contribution in [2.45, 2.75) is 44.2 Å². The summed E-state index contributed by atoms with van der Waals surface area (Å²) in [5.41, 5.74) is 2.05. The standard InChI is InChI=1S/C35H39N3O5S/c1-3-24-36-35(40)33(25-28-14-8-5-9-15-28)37(26-29-16-10-6-11-17-29)34(39)27-38(30-18-12-7-13-19-30)44(41,42)32-22-20-31(21-23-32)43-4-2/h5-23,33H,3-4,24-27H2,1-2H3,(H,36,40)/t33-/m1/s1. The van der Waals surface area contributed by atoms with Crippen LogP contribution < -0.4 is 14.4 Å². The highest BCUT2D eigenvalue weighted by atomic mass is 32.2. The molecule has 1 atom stereocenters. The molecule has 0 aliphatic carbocycles. The fourth-order valence-corrected chi connectivity index (χ4v) is 6.24. The molecule has 4 rings (SSSR count). The second-order valence-electron chi connectivity index (χ2n) is 10.3. The SMILES string of the molecule is CCCNC(=O)[C@@H](Cc1ccccc1)N(Cc1ccccc1)C(=O)CN(c1ccccc1)S(=O)(=O)c1ccc(OCC)cc1. The van der Waals surface area contributed by atoms with Gasteiger partial charge in [0.2, 0.25) is 11.8 Å². The lowest BCUT2D eigenvalue weighted by Crippen LogP contribution is -2.53. The molecular formula is C35H39N3O5S. The van der Waals surface area contributed by atoms with Gasteiger partial charge in [-0.3, -0.25) is 13.9 Å². The van der Waals surface area contributed by atoms with Crippen molar-refractivity contribution in [3.05, 3.63) is 126 Å². The van der Waals surface area contributed by atoms with Gasteiger partial charge in [0.15, 0.2) is 0 Å². The number of hydrogen-bond acceptors (Lipinski definition) is 5. The number of anilines is 1. The lowest BCUT2D eigenvalue weighted by Gasteiger charge is -2.34. The molecule has 1 N–H and O–H groups in total. The van der Waals surface area contributed by atoms with Crippen molar-refractivity contribution in [1.29, 1.82) is 0 Å². The van der Waals surface area contributed by atoms with Gasteiger partial charge >= 0.3 is 0 Å². The van der Waals surface area contributed by atoms with E-state index in [1.165, 1.54) is 17.0 Å². The lowest BCUT2D eigenvalue weighted by molar-refractivity contribution is -0.140. The number of sulfonamides is 1. The molecule has 0 unspecified atom stereocenters. The van der Waals surface area contributed by atoms with E-state index in [4.69, 9.17) is 4.74 Å². The summed E-state index contributed by atoms with van der Waals surface area (Å²) in [6, 6.07) is 32.7. The molecule has 0 saturated carbocycles. The third-order valence-corrected chi connectivity index (χ3v) is 8.85. The molecule has 44 heavy (non-hydrogen) atoms. The van der Waals surface area contributed by atoms with Gasteiger partial charge in [-0.2, -0.15) is 0 Å². The number of ether oxygens (including phenoxy) is 1. The Labute approximate surface area is 260 Å². The predicted molar refractivity (Wildman–Crippen MR) is 173 cm³/mol. The van der Waals surface area contributed by atoms with Crippen LogP contribution in [0.4, 0.5) is 5.69 Å². The van der Waals surface area contributed by atoms with Gasteiger partial charge in [0.05, 0.1) is 17.2 Å². The summed E-state index contributed by atoms with van der Waals surface area (Å²) in [7, 11) is -4.18. The van der Waals surface area contributed by atoms with Crippen LogP contribution in [0, 0.1) is 0 Å². The molecule has 0 heterocycles. The largest absolute Gasteiger partial charge is 0.494 e. The smallest absolute Gasteiger partial charge is 0.264 e. The Hall–Kier alpha value is -4.63. The van der Waals surface area contributed by atoms with Crippen LogP contribution in [0.15, 0.2) is 120 Å². The van der Waals surface area contributed by atoms with Crippen LogP contribution >= 0.6 is 0 Å². The van der Waals surface area contributed by atoms with Crippen molar-refractivity contribution < 1.29 is 22.7 Å². The molecule has 0 aliphatic heterocycles. The van der Waals surface area contributed by atoms with Crippen molar-refractivity contribution in [3.63, 3.8) is 0 Å². The van der Waals surface area contributed by atoms with Crippen LogP contribution in [-0.2, 0) is 32.6 Å². The fourth-order valence-electron chi connectivity index (χ4n) is 4.82. The summed E-state index contributed by atoms with van der Waals surface area (Å²) in [5.74, 6) is -0.245. The molecule has 4 aromatic rings. The summed E-state index contributed by atoms with van der Waals surface area (Å²) < 4.78 is 34.8. The van der Waals surface area contributed by atoms with Crippen LogP contribution in [0.3, 0.4) is 0 Å². The number of benzene rings is 4. The van der Waals surface area contributed by atoms with Gasteiger partial charge in [0.25, 0.3) is 10.0 Å². The summed E-state index contributed by atoms with van der Waals surface area (Å²) in [6.45, 7) is 4.34. The molecule has 0 aromatic heterocycles. The lowest BCUT2D eigenvalue weighted by atomic mass is 10.0. The first-order valence-electron chi connectivity index (χ1n) is 14.8. The topological polar surface area (TPSA) is 96.0 Å². The zero-order valence-corrected chi connectivity index (χ0v) is 26.0. The number of carbonyl (C=O) groups excluding carboxylic acids is 2. The van der Waals surface area contributed by atoms with Crippen LogP contribution in [0.5, 0.6) is 5.75 Å². The number of amides is 2. The average molecular weight is 614 g/mol. The van der Waals surface area contributed by atoms with E-state index >= 15 is 0 Å². The second-order valence-corrected chi connectivity index (χ2v) is 12.1. The average Bonchev–Trinajstić information content (AvgIpc) is 3.05. The highest BCUT2D eigenvalue weighted by Crippen LogP contribution is 2.26. The Balaban J connectivity index is 1.75. The molecule has 0 bridgehead atoms. The Morgan fingerprint density at radius 2 is 1.34 bits per heavy atom. The molecule has 230 valence electrons. The van der Waals surface area contributed by atoms with E-state index in [0.717, 1.165) is 21.9 Å². The number of rotatable bonds is 15. The highest BCUT2D eigenvalue weighted by molar-refractivity contribution is 7.92. The molecule has 0 spiro atoms. The van der Waals surface area contributed by atoms with Crippen molar-refractivity contribution in [2.24, 2.45) is 0 Å². The van der Waals surface area contributed by atoms with Crippen LogP contribution in [0.1, 0.15) is 31.4 Å². The van der Waals surface area contributed by atoms with Crippen molar-refractivity contribution >= 4 is 27.5 Å². The minimum atomic E-state index is -4.18. The summed E-state index contributed by atoms with van der Waals surface area (Å²) in [4.78, 5) is 29.6. The number of hydrogen-bond donors (Lipinski definition) is 1. The monoisotopic (exact) mass is 613 g/mol. The van der Waals surface area contributed by atoms with Gasteiger partial charge < -0.3 is 15.0 Å². The van der Waals surface area contributed by atoms with Crippen LogP contribution in [0.2, 0.25) is 0 Å². The second kappa shape index (κ2) is 15.7. The first kappa shape index (κ1) is 32.3. The summed E-state index contributed by atoms with van der Waals surface area (Å²) in [5, 5.41) is 2.95. The van der Waals surface area contributed by atoms with Gasteiger partial charge in [-0.25, -0.2) is 8.42 Å². The van der Waals surface area contributed by atoms with E-state index in [9.17, 15) is 18.0 Å². The maximum atomic E-state index is 14.4. The number of carbonyl (C=O) groups is 2. The molecule has 4 aromatic carbocycles. The first-order chi connectivity index (χ1) is 21.3. The van der Waals surface area contributed by atoms with Gasteiger partial charge in [0.1, 0.15) is 18.3 Å². The van der Waals surface area contributed by atoms with Crippen molar-refractivity contribution in [1.82, 2.24) is 10.2 Å². The summed E-state index contributed by atoms with van der Waals surface area (Å²) in [6.07, 6.45) is 1.00. The third kappa shape index (κ3) is 8.48. The van der Waals surface area contributed by atoms with E-state index in [1.54, 1.807) is 42.5 Å². The molecule has 0 saturated heterocycles. The maximum absolute atomic E-state index is 14.4. The zero-order chi connectivity index (χ0) is 31.4. The molecule has 0 fully saturated rings. The fraction of sp³-hybridized carbons (Fsp3) is 0.257. The first-order valence-corrected chi connectivity index (χ1v) is 16.2. The Bertz CT molecular complexity index is 1580. The van der Waals surface area contributed by atoms with E-state index < -0.39 is 28.5 Å². The Morgan fingerprint density at radius 1 is 0.773 bits per heavy atom. The molecular weight excluding hydrogens is 574 g/mol. The minimum absolute atomic E-state index is 0.0220. The van der Waals surface area contributed by atoms with Crippen molar-refractivity contribution in [2.75, 3.05) is 24.0 Å². The Kier molecular flexibility index (Phi) is 11.5. The maximum Gasteiger partial charge on any atom is 0.264 e. The van der Waals surface area contributed by atoms with Crippen molar-refractivity contribution in [3.8, 4) is 5.75 Å². The highest BCUT2D eigenvalue weighted by Gasteiger charge is 2.34. The third-order valence-electron chi connectivity index (χ3n) is 7.06. The molecule has 2 amide bonds. The van der Waals surface area contributed by atoms with Gasteiger partial charge in [-0.15, -0.1) is 0 Å². The predicted octanol–water partition coefficient (Wildman–Crippen LogP) is 5.45. The van der Waals surface area contributed by atoms with Crippen LogP contribution in [-0.4, -0.2) is 50.9 Å².